The highest BCUT2D eigenvalue weighted by molar-refractivity contribution is 6.35. The second kappa shape index (κ2) is 4.94. The molecule has 4 heteroatoms. The van der Waals surface area contributed by atoms with E-state index in [0.29, 0.717) is 16.5 Å². The highest BCUT2D eigenvalue weighted by Crippen LogP contribution is 2.25. The lowest BCUT2D eigenvalue weighted by Crippen LogP contribution is -2.05. The monoisotopic (exact) mass is 283 g/mol. The Hall–Kier alpha value is -2.39. The van der Waals surface area contributed by atoms with Gasteiger partial charge in [0.2, 0.25) is 5.78 Å². The SMILES string of the molecule is O=C(c1ccccc1)c1nc2ccc(O)cc2cc1Cl. The van der Waals surface area contributed by atoms with Crippen LogP contribution in [0, 0.1) is 0 Å². The molecule has 3 rings (SSSR count). The summed E-state index contributed by atoms with van der Waals surface area (Å²) in [4.78, 5) is 16.7. The maximum Gasteiger partial charge on any atom is 0.212 e. The van der Waals surface area contributed by atoms with Crippen molar-refractivity contribution in [1.82, 2.24) is 4.98 Å². The number of carbonyl (C=O) groups is 1. The number of aromatic nitrogens is 1. The molecule has 0 amide bonds. The van der Waals surface area contributed by atoms with Crippen LogP contribution in [-0.2, 0) is 0 Å². The average Bonchev–Trinajstić information content (AvgIpc) is 2.46. The number of phenolic OH excluding ortho intramolecular Hbond substituents is 1. The molecule has 0 radical (unpaired) electrons. The molecule has 1 aromatic heterocycles. The summed E-state index contributed by atoms with van der Waals surface area (Å²) >= 11 is 6.14. The second-order valence-corrected chi connectivity index (χ2v) is 4.80. The van der Waals surface area contributed by atoms with Crippen LogP contribution in [-0.4, -0.2) is 15.9 Å². The number of fused-ring (bicyclic) bond motifs is 1. The molecule has 2 aromatic carbocycles. The molecular formula is C16H10ClNO2. The van der Waals surface area contributed by atoms with E-state index in [2.05, 4.69) is 4.98 Å². The van der Waals surface area contributed by atoms with Crippen molar-refractivity contribution in [3.63, 3.8) is 0 Å². The van der Waals surface area contributed by atoms with Gasteiger partial charge < -0.3 is 5.11 Å². The molecule has 0 atom stereocenters. The summed E-state index contributed by atoms with van der Waals surface area (Å²) in [5.74, 6) is -0.0805. The molecule has 1 heterocycles. The van der Waals surface area contributed by atoms with Gasteiger partial charge in [0.05, 0.1) is 10.5 Å². The van der Waals surface area contributed by atoms with Crippen LogP contribution in [0.2, 0.25) is 5.02 Å². The molecule has 98 valence electrons. The van der Waals surface area contributed by atoms with E-state index in [1.165, 1.54) is 6.07 Å². The molecule has 0 unspecified atom stereocenters. The van der Waals surface area contributed by atoms with Gasteiger partial charge in [-0.3, -0.25) is 4.79 Å². The number of aromatic hydroxyl groups is 1. The summed E-state index contributed by atoms with van der Waals surface area (Å²) in [5, 5.41) is 10.4. The maximum atomic E-state index is 12.4. The summed E-state index contributed by atoms with van der Waals surface area (Å²) in [6.07, 6.45) is 0. The number of hydrogen-bond donors (Lipinski definition) is 1. The van der Waals surface area contributed by atoms with E-state index in [1.54, 1.807) is 42.5 Å². The molecule has 0 aliphatic carbocycles. The Balaban J connectivity index is 2.15. The molecule has 0 saturated heterocycles. The van der Waals surface area contributed by atoms with Crippen molar-refractivity contribution in [2.75, 3.05) is 0 Å². The zero-order valence-corrected chi connectivity index (χ0v) is 11.1. The van der Waals surface area contributed by atoms with Gasteiger partial charge >= 0.3 is 0 Å². The number of hydrogen-bond acceptors (Lipinski definition) is 3. The lowest BCUT2D eigenvalue weighted by atomic mass is 10.1. The van der Waals surface area contributed by atoms with E-state index < -0.39 is 0 Å². The van der Waals surface area contributed by atoms with Crippen molar-refractivity contribution in [2.24, 2.45) is 0 Å². The fraction of sp³-hybridized carbons (Fsp3) is 0. The number of halogens is 1. The summed E-state index contributed by atoms with van der Waals surface area (Å²) in [6, 6.07) is 15.3. The van der Waals surface area contributed by atoms with Gasteiger partial charge in [0, 0.05) is 10.9 Å². The summed E-state index contributed by atoms with van der Waals surface area (Å²) < 4.78 is 0. The van der Waals surface area contributed by atoms with Crippen LogP contribution in [0.15, 0.2) is 54.6 Å². The molecule has 0 aliphatic rings. The Labute approximate surface area is 120 Å². The molecule has 0 bridgehead atoms. The molecule has 0 fully saturated rings. The predicted molar refractivity (Wildman–Crippen MR) is 78.3 cm³/mol. The van der Waals surface area contributed by atoms with Crippen LogP contribution in [0.1, 0.15) is 16.1 Å². The van der Waals surface area contributed by atoms with Crippen molar-refractivity contribution in [3.8, 4) is 5.75 Å². The van der Waals surface area contributed by atoms with E-state index in [0.717, 1.165) is 0 Å². The number of nitrogens with zero attached hydrogens (tertiary/aromatic N) is 1. The molecular weight excluding hydrogens is 274 g/mol. The third-order valence-corrected chi connectivity index (χ3v) is 3.29. The molecule has 0 saturated carbocycles. The average molecular weight is 284 g/mol. The number of rotatable bonds is 2. The smallest absolute Gasteiger partial charge is 0.212 e. The van der Waals surface area contributed by atoms with E-state index in [-0.39, 0.29) is 22.2 Å². The Kier molecular flexibility index (Phi) is 3.12. The molecule has 3 nitrogen and oxygen atoms in total. The lowest BCUT2D eigenvalue weighted by molar-refractivity contribution is 0.103. The molecule has 3 aromatic rings. The van der Waals surface area contributed by atoms with Crippen molar-refractivity contribution in [3.05, 3.63) is 70.9 Å². The van der Waals surface area contributed by atoms with Crippen molar-refractivity contribution < 1.29 is 9.90 Å². The van der Waals surface area contributed by atoms with Crippen LogP contribution in [0.25, 0.3) is 10.9 Å². The summed E-state index contributed by atoms with van der Waals surface area (Å²) in [7, 11) is 0. The Morgan fingerprint density at radius 3 is 2.55 bits per heavy atom. The number of ketones is 1. The zero-order chi connectivity index (χ0) is 14.1. The maximum absolute atomic E-state index is 12.4. The van der Waals surface area contributed by atoms with Crippen LogP contribution < -0.4 is 0 Å². The van der Waals surface area contributed by atoms with Crippen LogP contribution in [0.4, 0.5) is 0 Å². The van der Waals surface area contributed by atoms with Gasteiger partial charge in [-0.05, 0) is 24.3 Å². The van der Waals surface area contributed by atoms with Gasteiger partial charge in [-0.1, -0.05) is 41.9 Å². The molecule has 20 heavy (non-hydrogen) atoms. The Morgan fingerprint density at radius 1 is 1.05 bits per heavy atom. The van der Waals surface area contributed by atoms with Gasteiger partial charge in [0.1, 0.15) is 11.4 Å². The normalized spacial score (nSPS) is 10.7. The quantitative estimate of drug-likeness (QED) is 0.727. The summed E-state index contributed by atoms with van der Waals surface area (Å²) in [5.41, 5.74) is 1.38. The molecule has 1 N–H and O–H groups in total. The fourth-order valence-corrected chi connectivity index (χ4v) is 2.27. The van der Waals surface area contributed by atoms with Gasteiger partial charge in [-0.25, -0.2) is 4.98 Å². The third-order valence-electron chi connectivity index (χ3n) is 3.00. The van der Waals surface area contributed by atoms with Crippen molar-refractivity contribution >= 4 is 28.3 Å². The van der Waals surface area contributed by atoms with Crippen molar-refractivity contribution in [1.29, 1.82) is 0 Å². The van der Waals surface area contributed by atoms with Crippen LogP contribution in [0.5, 0.6) is 5.75 Å². The van der Waals surface area contributed by atoms with Gasteiger partial charge in [-0.15, -0.1) is 0 Å². The summed E-state index contributed by atoms with van der Waals surface area (Å²) in [6.45, 7) is 0. The molecule has 0 spiro atoms. The van der Waals surface area contributed by atoms with E-state index in [4.69, 9.17) is 11.6 Å². The van der Waals surface area contributed by atoms with E-state index in [1.807, 2.05) is 6.07 Å². The predicted octanol–water partition coefficient (Wildman–Crippen LogP) is 3.82. The largest absolute Gasteiger partial charge is 0.508 e. The van der Waals surface area contributed by atoms with Gasteiger partial charge in [-0.2, -0.15) is 0 Å². The topological polar surface area (TPSA) is 50.2 Å². The number of pyridine rings is 1. The molecule has 0 aliphatic heterocycles. The van der Waals surface area contributed by atoms with Crippen molar-refractivity contribution in [2.45, 2.75) is 0 Å². The highest BCUT2D eigenvalue weighted by Gasteiger charge is 2.15. The van der Waals surface area contributed by atoms with Gasteiger partial charge in [0.25, 0.3) is 0 Å². The van der Waals surface area contributed by atoms with E-state index in [9.17, 15) is 9.90 Å². The first-order valence-corrected chi connectivity index (χ1v) is 6.42. The highest BCUT2D eigenvalue weighted by atomic mass is 35.5. The third kappa shape index (κ3) is 2.24. The Morgan fingerprint density at radius 2 is 1.80 bits per heavy atom. The first kappa shape index (κ1) is 12.6. The number of phenols is 1. The number of carbonyl (C=O) groups excluding carboxylic acids is 1. The standard InChI is InChI=1S/C16H10ClNO2/c17-13-9-11-8-12(19)6-7-14(11)18-15(13)16(20)10-4-2-1-3-5-10/h1-9,19H. The minimum Gasteiger partial charge on any atom is -0.508 e. The fourth-order valence-electron chi connectivity index (χ4n) is 2.02. The minimum atomic E-state index is -0.217. The second-order valence-electron chi connectivity index (χ2n) is 4.39. The Bertz CT molecular complexity index is 800. The van der Waals surface area contributed by atoms with Crippen LogP contribution >= 0.6 is 11.6 Å². The van der Waals surface area contributed by atoms with Crippen LogP contribution in [0.3, 0.4) is 0 Å². The first-order chi connectivity index (χ1) is 9.65. The first-order valence-electron chi connectivity index (χ1n) is 6.04. The zero-order valence-electron chi connectivity index (χ0n) is 10.4. The van der Waals surface area contributed by atoms with E-state index >= 15 is 0 Å². The van der Waals surface area contributed by atoms with Gasteiger partial charge in [0.15, 0.2) is 0 Å². The number of benzene rings is 2. The lowest BCUT2D eigenvalue weighted by Gasteiger charge is -2.05. The minimum absolute atomic E-state index is 0.137.